The van der Waals surface area contributed by atoms with E-state index in [-0.39, 0.29) is 17.2 Å². The number of ether oxygens (including phenoxy) is 2. The molecule has 2 rings (SSSR count). The Labute approximate surface area is 128 Å². The lowest BCUT2D eigenvalue weighted by Gasteiger charge is -2.26. The number of methoxy groups -OCH3 is 1. The van der Waals surface area contributed by atoms with Gasteiger partial charge in [-0.1, -0.05) is 24.6 Å². The van der Waals surface area contributed by atoms with Crippen LogP contribution in [0, 0.1) is 5.82 Å². The van der Waals surface area contributed by atoms with Crippen molar-refractivity contribution in [2.75, 3.05) is 7.11 Å². The zero-order chi connectivity index (χ0) is 15.2. The molecule has 1 aromatic heterocycles. The molecule has 1 heterocycles. The Morgan fingerprint density at radius 1 is 1.33 bits per heavy atom. The highest BCUT2D eigenvalue weighted by molar-refractivity contribution is 6.32. The van der Waals surface area contributed by atoms with Gasteiger partial charge in [0, 0.05) is 25.1 Å². The Hall–Kier alpha value is -1.65. The first-order chi connectivity index (χ1) is 10.2. The number of benzene rings is 1. The molecule has 0 saturated carbocycles. The maximum Gasteiger partial charge on any atom is 0.138 e. The summed E-state index contributed by atoms with van der Waals surface area (Å²) in [5.41, 5.74) is 0.921. The van der Waals surface area contributed by atoms with Gasteiger partial charge in [-0.25, -0.2) is 4.39 Å². The van der Waals surface area contributed by atoms with E-state index in [0.29, 0.717) is 12.2 Å². The van der Waals surface area contributed by atoms with E-state index in [1.54, 1.807) is 19.5 Å². The quantitative estimate of drug-likeness (QED) is 0.791. The summed E-state index contributed by atoms with van der Waals surface area (Å²) < 4.78 is 24.5. The Balaban J connectivity index is 2.22. The van der Waals surface area contributed by atoms with Crippen LogP contribution in [-0.4, -0.2) is 18.2 Å². The van der Waals surface area contributed by atoms with Gasteiger partial charge in [-0.3, -0.25) is 4.98 Å². The molecule has 21 heavy (non-hydrogen) atoms. The zero-order valence-corrected chi connectivity index (χ0v) is 12.7. The van der Waals surface area contributed by atoms with E-state index in [0.717, 1.165) is 5.56 Å². The molecule has 0 radical (unpaired) electrons. The average molecular weight is 310 g/mol. The number of pyridine rings is 1. The second-order valence-corrected chi connectivity index (χ2v) is 4.99. The molecular weight excluding hydrogens is 293 g/mol. The van der Waals surface area contributed by atoms with Crippen LogP contribution in [0.2, 0.25) is 5.02 Å². The van der Waals surface area contributed by atoms with Crippen LogP contribution < -0.4 is 4.74 Å². The first kappa shape index (κ1) is 15.7. The third-order valence-electron chi connectivity index (χ3n) is 3.18. The number of halogens is 2. The Kier molecular flexibility index (Phi) is 5.53. The predicted molar refractivity (Wildman–Crippen MR) is 80.1 cm³/mol. The first-order valence-corrected chi connectivity index (χ1v) is 7.08. The Bertz CT molecular complexity index is 580. The van der Waals surface area contributed by atoms with Crippen LogP contribution in [0.1, 0.15) is 25.0 Å². The SMILES string of the molecule is CCC(Oc1ccc(F)cc1Cl)C(OC)c1cccnc1. The van der Waals surface area contributed by atoms with E-state index in [1.165, 1.54) is 18.2 Å². The van der Waals surface area contributed by atoms with Crippen molar-refractivity contribution in [1.29, 1.82) is 0 Å². The fourth-order valence-corrected chi connectivity index (χ4v) is 2.35. The molecule has 0 amide bonds. The molecule has 0 N–H and O–H groups in total. The lowest BCUT2D eigenvalue weighted by molar-refractivity contribution is -0.00141. The second kappa shape index (κ2) is 7.38. The minimum absolute atomic E-state index is 0.245. The van der Waals surface area contributed by atoms with E-state index < -0.39 is 5.82 Å². The maximum atomic E-state index is 13.1. The van der Waals surface area contributed by atoms with Crippen molar-refractivity contribution in [2.45, 2.75) is 25.6 Å². The smallest absolute Gasteiger partial charge is 0.138 e. The fraction of sp³-hybridized carbons (Fsp3) is 0.312. The van der Waals surface area contributed by atoms with Gasteiger partial charge in [0.2, 0.25) is 0 Å². The monoisotopic (exact) mass is 309 g/mol. The first-order valence-electron chi connectivity index (χ1n) is 6.70. The lowest BCUT2D eigenvalue weighted by Crippen LogP contribution is -2.26. The van der Waals surface area contributed by atoms with Gasteiger partial charge in [-0.15, -0.1) is 0 Å². The minimum atomic E-state index is -0.393. The molecule has 112 valence electrons. The topological polar surface area (TPSA) is 31.4 Å². The molecule has 2 atom stereocenters. The van der Waals surface area contributed by atoms with E-state index in [2.05, 4.69) is 4.98 Å². The van der Waals surface area contributed by atoms with Crippen LogP contribution in [-0.2, 0) is 4.74 Å². The number of rotatable bonds is 6. The molecule has 2 unspecified atom stereocenters. The van der Waals surface area contributed by atoms with Gasteiger partial charge < -0.3 is 9.47 Å². The Morgan fingerprint density at radius 2 is 2.14 bits per heavy atom. The average Bonchev–Trinajstić information content (AvgIpc) is 2.50. The highest BCUT2D eigenvalue weighted by Gasteiger charge is 2.24. The van der Waals surface area contributed by atoms with E-state index in [1.807, 2.05) is 19.1 Å². The molecular formula is C16H17ClFNO2. The molecule has 0 bridgehead atoms. The van der Waals surface area contributed by atoms with Crippen LogP contribution in [0.5, 0.6) is 5.75 Å². The summed E-state index contributed by atoms with van der Waals surface area (Å²) in [4.78, 5) is 4.10. The van der Waals surface area contributed by atoms with Gasteiger partial charge in [0.15, 0.2) is 0 Å². The van der Waals surface area contributed by atoms with Gasteiger partial charge in [0.1, 0.15) is 23.8 Å². The zero-order valence-electron chi connectivity index (χ0n) is 11.9. The number of aromatic nitrogens is 1. The van der Waals surface area contributed by atoms with Crippen molar-refractivity contribution in [3.8, 4) is 5.75 Å². The summed E-state index contributed by atoms with van der Waals surface area (Å²) in [6.07, 6.45) is 3.63. The highest BCUT2D eigenvalue weighted by atomic mass is 35.5. The standard InChI is InChI=1S/C16H17ClFNO2/c1-3-14(16(20-2)11-5-4-8-19-10-11)21-15-7-6-12(18)9-13(15)17/h4-10,14,16H,3H2,1-2H3. The van der Waals surface area contributed by atoms with Crippen LogP contribution in [0.4, 0.5) is 4.39 Å². The van der Waals surface area contributed by atoms with Gasteiger partial charge in [-0.2, -0.15) is 0 Å². The van der Waals surface area contributed by atoms with Crippen LogP contribution in [0.15, 0.2) is 42.7 Å². The fourth-order valence-electron chi connectivity index (χ4n) is 2.14. The number of hydrogen-bond donors (Lipinski definition) is 0. The van der Waals surface area contributed by atoms with Crippen molar-refractivity contribution >= 4 is 11.6 Å². The number of nitrogens with zero attached hydrogens (tertiary/aromatic N) is 1. The summed E-state index contributed by atoms with van der Waals surface area (Å²) in [6, 6.07) is 7.85. The summed E-state index contributed by atoms with van der Waals surface area (Å²) >= 11 is 6.01. The van der Waals surface area contributed by atoms with E-state index in [9.17, 15) is 4.39 Å². The van der Waals surface area contributed by atoms with Gasteiger partial charge in [-0.05, 0) is 30.7 Å². The normalized spacial score (nSPS) is 13.7. The second-order valence-electron chi connectivity index (χ2n) is 4.58. The van der Waals surface area contributed by atoms with Crippen molar-refractivity contribution in [1.82, 2.24) is 4.98 Å². The van der Waals surface area contributed by atoms with Crippen LogP contribution in [0.3, 0.4) is 0 Å². The predicted octanol–water partition coefficient (Wildman–Crippen LogP) is 4.42. The maximum absolute atomic E-state index is 13.1. The third kappa shape index (κ3) is 3.93. The van der Waals surface area contributed by atoms with Gasteiger partial charge in [0.25, 0.3) is 0 Å². The molecule has 0 saturated heterocycles. The molecule has 2 aromatic rings. The largest absolute Gasteiger partial charge is 0.486 e. The summed E-state index contributed by atoms with van der Waals surface area (Å²) in [6.45, 7) is 1.99. The molecule has 1 aromatic carbocycles. The molecule has 0 aliphatic rings. The Morgan fingerprint density at radius 3 is 2.71 bits per heavy atom. The molecule has 0 aliphatic heterocycles. The highest BCUT2D eigenvalue weighted by Crippen LogP contribution is 2.31. The van der Waals surface area contributed by atoms with Crippen molar-refractivity contribution in [2.24, 2.45) is 0 Å². The summed E-state index contributed by atoms with van der Waals surface area (Å²) in [5.74, 6) is 0.0480. The molecule has 0 spiro atoms. The van der Waals surface area contributed by atoms with E-state index in [4.69, 9.17) is 21.1 Å². The van der Waals surface area contributed by atoms with Crippen LogP contribution in [0.25, 0.3) is 0 Å². The minimum Gasteiger partial charge on any atom is -0.486 e. The molecule has 3 nitrogen and oxygen atoms in total. The molecule has 5 heteroatoms. The number of hydrogen-bond acceptors (Lipinski definition) is 3. The van der Waals surface area contributed by atoms with Gasteiger partial charge >= 0.3 is 0 Å². The van der Waals surface area contributed by atoms with Crippen molar-refractivity contribution in [3.63, 3.8) is 0 Å². The summed E-state index contributed by atoms with van der Waals surface area (Å²) in [5, 5.41) is 0.245. The van der Waals surface area contributed by atoms with Gasteiger partial charge in [0.05, 0.1) is 5.02 Å². The van der Waals surface area contributed by atoms with Crippen LogP contribution >= 0.6 is 11.6 Å². The molecule has 0 aliphatic carbocycles. The third-order valence-corrected chi connectivity index (χ3v) is 3.47. The molecule has 0 fully saturated rings. The summed E-state index contributed by atoms with van der Waals surface area (Å²) in [7, 11) is 1.62. The lowest BCUT2D eigenvalue weighted by atomic mass is 10.0. The van der Waals surface area contributed by atoms with Crippen molar-refractivity contribution < 1.29 is 13.9 Å². The van der Waals surface area contributed by atoms with E-state index >= 15 is 0 Å². The van der Waals surface area contributed by atoms with Crippen molar-refractivity contribution in [3.05, 3.63) is 59.1 Å².